The first kappa shape index (κ1) is 14.8. The van der Waals surface area contributed by atoms with Gasteiger partial charge in [0, 0.05) is 12.1 Å². The van der Waals surface area contributed by atoms with Crippen LogP contribution >= 0.6 is 15.9 Å². The van der Waals surface area contributed by atoms with Crippen molar-refractivity contribution in [3.63, 3.8) is 0 Å². The van der Waals surface area contributed by atoms with Gasteiger partial charge in [0.15, 0.2) is 0 Å². The second-order valence-electron chi connectivity index (χ2n) is 4.21. The van der Waals surface area contributed by atoms with E-state index in [1.807, 2.05) is 0 Å². The highest BCUT2D eigenvalue weighted by molar-refractivity contribution is 9.10. The van der Waals surface area contributed by atoms with Crippen LogP contribution in [0.25, 0.3) is 0 Å². The van der Waals surface area contributed by atoms with Gasteiger partial charge in [0.25, 0.3) is 0 Å². The van der Waals surface area contributed by atoms with Gasteiger partial charge in [-0.3, -0.25) is 0 Å². The minimum atomic E-state index is -0.299. The van der Waals surface area contributed by atoms with E-state index < -0.39 is 0 Å². The van der Waals surface area contributed by atoms with Crippen LogP contribution in [0.5, 0.6) is 11.5 Å². The van der Waals surface area contributed by atoms with E-state index in [9.17, 15) is 4.39 Å². The van der Waals surface area contributed by atoms with Gasteiger partial charge >= 0.3 is 0 Å². The van der Waals surface area contributed by atoms with E-state index in [2.05, 4.69) is 15.9 Å². The molecule has 2 aromatic rings. The molecular weight excluding hydrogens is 325 g/mol. The van der Waals surface area contributed by atoms with Gasteiger partial charge in [0.1, 0.15) is 23.9 Å². The van der Waals surface area contributed by atoms with E-state index in [1.54, 1.807) is 37.4 Å². The van der Waals surface area contributed by atoms with Crippen molar-refractivity contribution in [2.45, 2.75) is 13.2 Å². The van der Waals surface area contributed by atoms with E-state index in [0.717, 1.165) is 15.8 Å². The summed E-state index contributed by atoms with van der Waals surface area (Å²) < 4.78 is 25.2. The van der Waals surface area contributed by atoms with Gasteiger partial charge in [-0.15, -0.1) is 0 Å². The van der Waals surface area contributed by atoms with Gasteiger partial charge in [-0.25, -0.2) is 4.39 Å². The zero-order valence-corrected chi connectivity index (χ0v) is 12.6. The number of halogens is 2. The van der Waals surface area contributed by atoms with Crippen LogP contribution in [0.2, 0.25) is 0 Å². The van der Waals surface area contributed by atoms with Crippen LogP contribution < -0.4 is 15.2 Å². The lowest BCUT2D eigenvalue weighted by Gasteiger charge is -2.11. The number of ether oxygens (including phenoxy) is 2. The topological polar surface area (TPSA) is 44.5 Å². The lowest BCUT2D eigenvalue weighted by Crippen LogP contribution is -2.03. The molecule has 0 atom stereocenters. The van der Waals surface area contributed by atoms with Crippen molar-refractivity contribution in [1.29, 1.82) is 0 Å². The molecule has 0 radical (unpaired) electrons. The number of benzene rings is 2. The van der Waals surface area contributed by atoms with Gasteiger partial charge < -0.3 is 15.2 Å². The predicted octanol–water partition coefficient (Wildman–Crippen LogP) is 3.63. The van der Waals surface area contributed by atoms with Crippen LogP contribution in [0.3, 0.4) is 0 Å². The van der Waals surface area contributed by atoms with Crippen molar-refractivity contribution in [2.24, 2.45) is 5.73 Å². The maximum Gasteiger partial charge on any atom is 0.134 e. The first-order valence-corrected chi connectivity index (χ1v) is 6.87. The lowest BCUT2D eigenvalue weighted by atomic mass is 10.1. The minimum absolute atomic E-state index is 0.143. The fourth-order valence-electron chi connectivity index (χ4n) is 1.75. The van der Waals surface area contributed by atoms with Gasteiger partial charge in [-0.05, 0) is 51.8 Å². The van der Waals surface area contributed by atoms with E-state index in [4.69, 9.17) is 15.2 Å². The Morgan fingerprint density at radius 3 is 2.65 bits per heavy atom. The van der Waals surface area contributed by atoms with Crippen molar-refractivity contribution in [3.05, 3.63) is 57.8 Å². The maximum absolute atomic E-state index is 13.7. The molecule has 0 fully saturated rings. The molecule has 106 valence electrons. The van der Waals surface area contributed by atoms with E-state index in [0.29, 0.717) is 17.9 Å². The Morgan fingerprint density at radius 1 is 1.20 bits per heavy atom. The van der Waals surface area contributed by atoms with Gasteiger partial charge in [0.05, 0.1) is 11.6 Å². The quantitative estimate of drug-likeness (QED) is 0.904. The molecule has 0 saturated carbocycles. The van der Waals surface area contributed by atoms with Crippen molar-refractivity contribution >= 4 is 15.9 Å². The molecule has 2 aromatic carbocycles. The maximum atomic E-state index is 13.7. The molecule has 0 spiro atoms. The van der Waals surface area contributed by atoms with Crippen molar-refractivity contribution in [1.82, 2.24) is 0 Å². The largest absolute Gasteiger partial charge is 0.497 e. The molecule has 20 heavy (non-hydrogen) atoms. The van der Waals surface area contributed by atoms with Crippen LogP contribution in [-0.4, -0.2) is 7.11 Å². The Labute approximate surface area is 125 Å². The average Bonchev–Trinajstić information content (AvgIpc) is 2.47. The summed E-state index contributed by atoms with van der Waals surface area (Å²) >= 11 is 3.39. The Hall–Kier alpha value is -1.59. The second kappa shape index (κ2) is 6.72. The third kappa shape index (κ3) is 3.49. The highest BCUT2D eigenvalue weighted by Crippen LogP contribution is 2.29. The van der Waals surface area contributed by atoms with Crippen LogP contribution in [0.1, 0.15) is 11.1 Å². The predicted molar refractivity (Wildman–Crippen MR) is 79.3 cm³/mol. The summed E-state index contributed by atoms with van der Waals surface area (Å²) in [6, 6.07) is 10.1. The summed E-state index contributed by atoms with van der Waals surface area (Å²) in [5.41, 5.74) is 6.90. The van der Waals surface area contributed by atoms with Gasteiger partial charge in [0.2, 0.25) is 0 Å². The number of rotatable bonds is 5. The average molecular weight is 340 g/mol. The van der Waals surface area contributed by atoms with E-state index >= 15 is 0 Å². The molecule has 0 bridgehead atoms. The van der Waals surface area contributed by atoms with Crippen LogP contribution in [0, 0.1) is 5.82 Å². The number of nitrogens with two attached hydrogens (primary N) is 1. The Kier molecular flexibility index (Phi) is 4.98. The fraction of sp³-hybridized carbons (Fsp3) is 0.200. The summed E-state index contributed by atoms with van der Waals surface area (Å²) in [6.45, 7) is 0.518. The molecule has 2 rings (SSSR count). The molecule has 0 aliphatic carbocycles. The van der Waals surface area contributed by atoms with Gasteiger partial charge in [-0.1, -0.05) is 6.07 Å². The molecule has 5 heteroatoms. The van der Waals surface area contributed by atoms with Crippen molar-refractivity contribution in [3.8, 4) is 11.5 Å². The third-order valence-electron chi connectivity index (χ3n) is 2.87. The van der Waals surface area contributed by atoms with Crippen LogP contribution in [-0.2, 0) is 13.2 Å². The highest BCUT2D eigenvalue weighted by Gasteiger charge is 2.07. The molecule has 0 aliphatic heterocycles. The SMILES string of the molecule is COc1ccc(OCc2cc(CN)ccc2F)c(Br)c1. The minimum Gasteiger partial charge on any atom is -0.497 e. The second-order valence-corrected chi connectivity index (χ2v) is 5.07. The molecule has 0 amide bonds. The summed E-state index contributed by atoms with van der Waals surface area (Å²) in [4.78, 5) is 0. The van der Waals surface area contributed by atoms with Crippen molar-refractivity contribution < 1.29 is 13.9 Å². The van der Waals surface area contributed by atoms with Gasteiger partial charge in [-0.2, -0.15) is 0 Å². The zero-order chi connectivity index (χ0) is 14.5. The Bertz CT molecular complexity index is 604. The normalized spacial score (nSPS) is 10.4. The molecule has 0 aliphatic rings. The summed E-state index contributed by atoms with van der Waals surface area (Å²) in [7, 11) is 1.59. The highest BCUT2D eigenvalue weighted by atomic mass is 79.9. The molecule has 0 unspecified atom stereocenters. The first-order chi connectivity index (χ1) is 9.63. The summed E-state index contributed by atoms with van der Waals surface area (Å²) in [6.07, 6.45) is 0. The van der Waals surface area contributed by atoms with Crippen LogP contribution in [0.4, 0.5) is 4.39 Å². The molecule has 0 heterocycles. The molecule has 0 aromatic heterocycles. The van der Waals surface area contributed by atoms with Crippen molar-refractivity contribution in [2.75, 3.05) is 7.11 Å². The standard InChI is InChI=1S/C15H15BrFNO2/c1-19-12-3-5-15(13(16)7-12)20-9-11-6-10(8-18)2-4-14(11)17/h2-7H,8-9,18H2,1H3. The summed E-state index contributed by atoms with van der Waals surface area (Å²) in [5, 5.41) is 0. The zero-order valence-electron chi connectivity index (χ0n) is 11.0. The van der Waals surface area contributed by atoms with E-state index in [-0.39, 0.29) is 12.4 Å². The Morgan fingerprint density at radius 2 is 2.00 bits per heavy atom. The number of hydrogen-bond donors (Lipinski definition) is 1. The molecule has 3 nitrogen and oxygen atoms in total. The lowest BCUT2D eigenvalue weighted by molar-refractivity contribution is 0.297. The van der Waals surface area contributed by atoms with Crippen LogP contribution in [0.15, 0.2) is 40.9 Å². The number of hydrogen-bond acceptors (Lipinski definition) is 3. The monoisotopic (exact) mass is 339 g/mol. The number of methoxy groups -OCH3 is 1. The molecular formula is C15H15BrFNO2. The first-order valence-electron chi connectivity index (χ1n) is 6.07. The fourth-order valence-corrected chi connectivity index (χ4v) is 2.22. The molecule has 0 saturated heterocycles. The Balaban J connectivity index is 2.12. The smallest absolute Gasteiger partial charge is 0.134 e. The third-order valence-corrected chi connectivity index (χ3v) is 3.49. The van der Waals surface area contributed by atoms with E-state index in [1.165, 1.54) is 6.07 Å². The summed E-state index contributed by atoms with van der Waals surface area (Å²) in [5.74, 6) is 1.05. The molecule has 2 N–H and O–H groups in total.